The standard InChI is InChI=1S/C21H26N4O5/c1-5-21(20(28)29)17(30-21)19(27)24-15(8-14-9-22-10-23-14)18(26)25-16-12(3)6-11(2)7-13(16)4/h6-7,9-10,15,17H,5,8H2,1-4H3,(H,22,23)(H,24,27)(H,25,26)(H,28,29)/t15-,17+,21-/m0/s1. The molecule has 1 aliphatic rings. The van der Waals surface area contributed by atoms with Crippen molar-refractivity contribution < 1.29 is 24.2 Å². The van der Waals surface area contributed by atoms with Gasteiger partial charge in [0, 0.05) is 24.0 Å². The molecular formula is C21H26N4O5. The summed E-state index contributed by atoms with van der Waals surface area (Å²) in [6, 6.07) is 2.99. The van der Waals surface area contributed by atoms with Gasteiger partial charge in [-0.15, -0.1) is 0 Å². The highest BCUT2D eigenvalue weighted by Crippen LogP contribution is 2.40. The van der Waals surface area contributed by atoms with Crippen molar-refractivity contribution in [2.75, 3.05) is 5.32 Å². The van der Waals surface area contributed by atoms with Gasteiger partial charge in [0.15, 0.2) is 6.10 Å². The van der Waals surface area contributed by atoms with Crippen LogP contribution in [0.15, 0.2) is 24.7 Å². The molecular weight excluding hydrogens is 388 g/mol. The van der Waals surface area contributed by atoms with Crippen LogP contribution in [-0.4, -0.2) is 50.6 Å². The molecule has 1 fully saturated rings. The summed E-state index contributed by atoms with van der Waals surface area (Å²) in [5, 5.41) is 14.9. The zero-order chi connectivity index (χ0) is 22.1. The number of carboxylic acids is 1. The summed E-state index contributed by atoms with van der Waals surface area (Å²) in [6.07, 6.45) is 2.24. The van der Waals surface area contributed by atoms with E-state index in [1.807, 2.05) is 32.9 Å². The molecule has 30 heavy (non-hydrogen) atoms. The molecule has 0 bridgehead atoms. The Morgan fingerprint density at radius 1 is 1.27 bits per heavy atom. The molecule has 160 valence electrons. The lowest BCUT2D eigenvalue weighted by molar-refractivity contribution is -0.143. The number of ether oxygens (including phenoxy) is 1. The largest absolute Gasteiger partial charge is 0.479 e. The van der Waals surface area contributed by atoms with Gasteiger partial charge in [-0.1, -0.05) is 24.6 Å². The molecule has 0 spiro atoms. The van der Waals surface area contributed by atoms with Gasteiger partial charge in [-0.05, 0) is 38.3 Å². The molecule has 1 saturated heterocycles. The third-order valence-electron chi connectivity index (χ3n) is 5.36. The third kappa shape index (κ3) is 4.20. The van der Waals surface area contributed by atoms with Crippen molar-refractivity contribution in [2.24, 2.45) is 0 Å². The molecule has 9 nitrogen and oxygen atoms in total. The van der Waals surface area contributed by atoms with Crippen LogP contribution in [-0.2, 0) is 25.5 Å². The van der Waals surface area contributed by atoms with Crippen molar-refractivity contribution in [3.8, 4) is 0 Å². The number of aromatic nitrogens is 2. The number of aromatic amines is 1. The number of epoxide rings is 1. The van der Waals surface area contributed by atoms with E-state index in [4.69, 9.17) is 4.74 Å². The maximum atomic E-state index is 13.1. The number of carboxylic acid groups (broad SMARTS) is 1. The van der Waals surface area contributed by atoms with Gasteiger partial charge in [0.1, 0.15) is 6.04 Å². The lowest BCUT2D eigenvalue weighted by Gasteiger charge is -2.20. The first-order chi connectivity index (χ1) is 14.2. The second kappa shape index (κ2) is 8.27. The quantitative estimate of drug-likeness (QED) is 0.485. The Labute approximate surface area is 174 Å². The second-order valence-electron chi connectivity index (χ2n) is 7.65. The molecule has 9 heteroatoms. The summed E-state index contributed by atoms with van der Waals surface area (Å²) in [5.41, 5.74) is 2.72. The van der Waals surface area contributed by atoms with E-state index in [9.17, 15) is 19.5 Å². The highest BCUT2D eigenvalue weighted by Gasteiger charge is 2.65. The van der Waals surface area contributed by atoms with E-state index in [0.29, 0.717) is 11.4 Å². The van der Waals surface area contributed by atoms with Gasteiger partial charge in [0.05, 0.1) is 6.33 Å². The minimum atomic E-state index is -1.52. The maximum absolute atomic E-state index is 13.1. The average molecular weight is 414 g/mol. The van der Waals surface area contributed by atoms with Crippen molar-refractivity contribution in [3.63, 3.8) is 0 Å². The van der Waals surface area contributed by atoms with Crippen molar-refractivity contribution in [1.29, 1.82) is 0 Å². The fraction of sp³-hybridized carbons (Fsp3) is 0.429. The van der Waals surface area contributed by atoms with Crippen LogP contribution in [0.2, 0.25) is 0 Å². The number of anilines is 1. The summed E-state index contributed by atoms with van der Waals surface area (Å²) in [7, 11) is 0. The topological polar surface area (TPSA) is 137 Å². The van der Waals surface area contributed by atoms with Crippen LogP contribution in [0.5, 0.6) is 0 Å². The van der Waals surface area contributed by atoms with Crippen LogP contribution in [0.1, 0.15) is 35.7 Å². The van der Waals surface area contributed by atoms with Crippen LogP contribution >= 0.6 is 0 Å². The monoisotopic (exact) mass is 414 g/mol. The van der Waals surface area contributed by atoms with E-state index in [0.717, 1.165) is 16.7 Å². The Morgan fingerprint density at radius 2 is 1.93 bits per heavy atom. The maximum Gasteiger partial charge on any atom is 0.339 e. The number of aryl methyl sites for hydroxylation is 3. The van der Waals surface area contributed by atoms with Crippen LogP contribution < -0.4 is 10.6 Å². The number of hydrogen-bond donors (Lipinski definition) is 4. The van der Waals surface area contributed by atoms with Crippen LogP contribution in [0.3, 0.4) is 0 Å². The van der Waals surface area contributed by atoms with E-state index < -0.39 is 35.5 Å². The minimum Gasteiger partial charge on any atom is -0.479 e. The van der Waals surface area contributed by atoms with Gasteiger partial charge < -0.3 is 25.5 Å². The summed E-state index contributed by atoms with van der Waals surface area (Å²) in [5.74, 6) is -2.23. The van der Waals surface area contributed by atoms with E-state index in [1.165, 1.54) is 6.33 Å². The fourth-order valence-corrected chi connectivity index (χ4v) is 3.68. The number of hydrogen-bond acceptors (Lipinski definition) is 5. The van der Waals surface area contributed by atoms with Gasteiger partial charge in [-0.2, -0.15) is 0 Å². The lowest BCUT2D eigenvalue weighted by atomic mass is 10.0. The number of nitrogens with one attached hydrogen (secondary N) is 3. The first-order valence-corrected chi connectivity index (χ1v) is 9.75. The molecule has 1 aromatic heterocycles. The Kier molecular flexibility index (Phi) is 5.93. The Morgan fingerprint density at radius 3 is 2.43 bits per heavy atom. The molecule has 2 aromatic rings. The molecule has 3 rings (SSSR count). The summed E-state index contributed by atoms with van der Waals surface area (Å²) >= 11 is 0. The lowest BCUT2D eigenvalue weighted by Crippen LogP contribution is -2.48. The molecule has 0 saturated carbocycles. The summed E-state index contributed by atoms with van der Waals surface area (Å²) < 4.78 is 5.20. The van der Waals surface area contributed by atoms with Crippen LogP contribution in [0, 0.1) is 20.8 Å². The zero-order valence-corrected chi connectivity index (χ0v) is 17.4. The van der Waals surface area contributed by atoms with Crippen LogP contribution in [0.25, 0.3) is 0 Å². The van der Waals surface area contributed by atoms with Crippen molar-refractivity contribution in [1.82, 2.24) is 15.3 Å². The van der Waals surface area contributed by atoms with E-state index in [1.54, 1.807) is 13.1 Å². The minimum absolute atomic E-state index is 0.152. The number of imidazole rings is 1. The number of nitrogens with zero attached hydrogens (tertiary/aromatic N) is 1. The van der Waals surface area contributed by atoms with Crippen molar-refractivity contribution >= 4 is 23.5 Å². The number of benzene rings is 1. The molecule has 1 aromatic carbocycles. The number of H-pyrrole nitrogens is 1. The Balaban J connectivity index is 1.78. The van der Waals surface area contributed by atoms with Gasteiger partial charge in [0.2, 0.25) is 11.5 Å². The first-order valence-electron chi connectivity index (χ1n) is 9.75. The molecule has 2 amide bonds. The predicted octanol–water partition coefficient (Wildman–Crippen LogP) is 1.63. The summed E-state index contributed by atoms with van der Waals surface area (Å²) in [6.45, 7) is 7.42. The second-order valence-corrected chi connectivity index (χ2v) is 7.65. The van der Waals surface area contributed by atoms with Gasteiger partial charge >= 0.3 is 5.97 Å². The molecule has 0 unspecified atom stereocenters. The van der Waals surface area contributed by atoms with Crippen molar-refractivity contribution in [2.45, 2.75) is 58.3 Å². The predicted molar refractivity (Wildman–Crippen MR) is 109 cm³/mol. The number of rotatable bonds is 8. The van der Waals surface area contributed by atoms with E-state index >= 15 is 0 Å². The van der Waals surface area contributed by atoms with E-state index in [2.05, 4.69) is 20.6 Å². The Hall–Kier alpha value is -3.20. The molecule has 0 radical (unpaired) electrons. The highest BCUT2D eigenvalue weighted by atomic mass is 16.6. The third-order valence-corrected chi connectivity index (χ3v) is 5.36. The Bertz CT molecular complexity index is 949. The highest BCUT2D eigenvalue weighted by molar-refractivity contribution is 6.01. The number of aliphatic carboxylic acids is 1. The molecule has 3 atom stereocenters. The number of amides is 2. The first kappa shape index (κ1) is 21.5. The zero-order valence-electron chi connectivity index (χ0n) is 17.4. The smallest absolute Gasteiger partial charge is 0.339 e. The summed E-state index contributed by atoms with van der Waals surface area (Å²) in [4.78, 5) is 44.0. The molecule has 1 aliphatic heterocycles. The van der Waals surface area contributed by atoms with E-state index in [-0.39, 0.29) is 12.8 Å². The normalized spacial score (nSPS) is 21.0. The number of carbonyl (C=O) groups is 3. The van der Waals surface area contributed by atoms with Crippen molar-refractivity contribution in [3.05, 3.63) is 47.0 Å². The molecule has 4 N–H and O–H groups in total. The van der Waals surface area contributed by atoms with Gasteiger partial charge in [-0.3, -0.25) is 9.59 Å². The van der Waals surface area contributed by atoms with Crippen LogP contribution in [0.4, 0.5) is 5.69 Å². The average Bonchev–Trinajstić information content (AvgIpc) is 3.24. The van der Waals surface area contributed by atoms with Gasteiger partial charge in [0.25, 0.3) is 5.91 Å². The SMILES string of the molecule is CC[C@]1(C(=O)O)O[C@@H]1C(=O)N[C@@H](Cc1cnc[nH]1)C(=O)Nc1c(C)cc(C)cc1C. The van der Waals surface area contributed by atoms with Gasteiger partial charge in [-0.25, -0.2) is 9.78 Å². The number of carbonyl (C=O) groups excluding carboxylic acids is 2. The molecule has 0 aliphatic carbocycles. The fourth-order valence-electron chi connectivity index (χ4n) is 3.68. The molecule has 2 heterocycles.